The zero-order valence-electron chi connectivity index (χ0n) is 16.8. The molecule has 1 aromatic heterocycles. The Morgan fingerprint density at radius 2 is 1.97 bits per heavy atom. The second-order valence-corrected chi connectivity index (χ2v) is 7.30. The Morgan fingerprint density at radius 1 is 1.23 bits per heavy atom. The van der Waals surface area contributed by atoms with E-state index in [2.05, 4.69) is 10.3 Å². The average molecular weight is 453 g/mol. The standard InChI is InChI=1S/C22H20ClF3N2O3/c1-3-14(11-29)27-21(30)12-4-6-16-18(8-12)28-19(10-20(16)31-2)15-7-5-13(9-17(15)23)22(24,25)26/h4-10,14,29H,3,11H2,1-2H3,(H,27,30)/t14-/m1/s1. The van der Waals surface area contributed by atoms with Crippen molar-refractivity contribution >= 4 is 28.4 Å². The number of carbonyl (C=O) groups excluding carboxylic acids is 1. The number of nitrogens with one attached hydrogen (secondary N) is 1. The van der Waals surface area contributed by atoms with E-state index in [1.54, 1.807) is 24.3 Å². The Morgan fingerprint density at radius 3 is 2.55 bits per heavy atom. The summed E-state index contributed by atoms with van der Waals surface area (Å²) in [5.41, 5.74) is 0.487. The molecule has 9 heteroatoms. The lowest BCUT2D eigenvalue weighted by atomic mass is 10.0. The number of pyridine rings is 1. The van der Waals surface area contributed by atoms with Gasteiger partial charge < -0.3 is 15.2 Å². The molecule has 0 saturated carbocycles. The molecule has 2 N–H and O–H groups in total. The molecule has 164 valence electrons. The third-order valence-corrected chi connectivity index (χ3v) is 5.19. The third-order valence-electron chi connectivity index (χ3n) is 4.87. The van der Waals surface area contributed by atoms with Crippen LogP contribution in [0.5, 0.6) is 5.75 Å². The number of fused-ring (bicyclic) bond motifs is 1. The Balaban J connectivity index is 2.07. The number of rotatable bonds is 6. The maximum atomic E-state index is 12.9. The number of amides is 1. The van der Waals surface area contributed by atoms with Gasteiger partial charge in [0.05, 0.1) is 41.6 Å². The highest BCUT2D eigenvalue weighted by Crippen LogP contribution is 2.37. The fourth-order valence-electron chi connectivity index (χ4n) is 3.09. The van der Waals surface area contributed by atoms with Gasteiger partial charge in [-0.05, 0) is 36.8 Å². The lowest BCUT2D eigenvalue weighted by Gasteiger charge is -2.15. The van der Waals surface area contributed by atoms with Gasteiger partial charge in [-0.25, -0.2) is 4.98 Å². The van der Waals surface area contributed by atoms with Gasteiger partial charge in [0.25, 0.3) is 5.91 Å². The van der Waals surface area contributed by atoms with Crippen LogP contribution in [0.15, 0.2) is 42.5 Å². The van der Waals surface area contributed by atoms with E-state index in [9.17, 15) is 23.1 Å². The van der Waals surface area contributed by atoms with Crippen molar-refractivity contribution in [1.82, 2.24) is 10.3 Å². The summed E-state index contributed by atoms with van der Waals surface area (Å²) >= 11 is 6.12. The van der Waals surface area contributed by atoms with Crippen LogP contribution in [-0.4, -0.2) is 35.8 Å². The molecule has 0 aliphatic rings. The minimum absolute atomic E-state index is 0.105. The Hall–Kier alpha value is -2.84. The predicted octanol–water partition coefficient (Wildman–Crippen LogP) is 5.08. The molecule has 31 heavy (non-hydrogen) atoms. The lowest BCUT2D eigenvalue weighted by molar-refractivity contribution is -0.137. The van der Waals surface area contributed by atoms with Crippen LogP contribution in [0.1, 0.15) is 29.3 Å². The molecular weight excluding hydrogens is 433 g/mol. The molecule has 0 aliphatic heterocycles. The number of aromatic nitrogens is 1. The van der Waals surface area contributed by atoms with Crippen molar-refractivity contribution in [3.63, 3.8) is 0 Å². The maximum Gasteiger partial charge on any atom is 0.416 e. The Labute approximate surface area is 181 Å². The number of methoxy groups -OCH3 is 1. The molecule has 0 aliphatic carbocycles. The van der Waals surface area contributed by atoms with E-state index in [0.717, 1.165) is 12.1 Å². The molecule has 1 amide bonds. The van der Waals surface area contributed by atoms with Crippen molar-refractivity contribution in [2.45, 2.75) is 25.6 Å². The first kappa shape index (κ1) is 22.8. The van der Waals surface area contributed by atoms with E-state index < -0.39 is 11.7 Å². The topological polar surface area (TPSA) is 71.5 Å². The van der Waals surface area contributed by atoms with Gasteiger partial charge in [-0.15, -0.1) is 0 Å². The van der Waals surface area contributed by atoms with Gasteiger partial charge in [0.15, 0.2) is 0 Å². The number of halogens is 4. The molecular formula is C22H20ClF3N2O3. The third kappa shape index (κ3) is 4.91. The van der Waals surface area contributed by atoms with Crippen LogP contribution < -0.4 is 10.1 Å². The highest BCUT2D eigenvalue weighted by Gasteiger charge is 2.31. The first-order valence-electron chi connectivity index (χ1n) is 9.45. The van der Waals surface area contributed by atoms with E-state index in [4.69, 9.17) is 16.3 Å². The van der Waals surface area contributed by atoms with E-state index in [1.165, 1.54) is 13.2 Å². The Kier molecular flexibility index (Phi) is 6.71. The molecule has 0 spiro atoms. The zero-order chi connectivity index (χ0) is 22.8. The highest BCUT2D eigenvalue weighted by molar-refractivity contribution is 6.33. The van der Waals surface area contributed by atoms with Crippen LogP contribution in [0.3, 0.4) is 0 Å². The van der Waals surface area contributed by atoms with E-state index in [1.807, 2.05) is 6.92 Å². The molecule has 0 unspecified atom stereocenters. The van der Waals surface area contributed by atoms with Gasteiger partial charge in [-0.3, -0.25) is 4.79 Å². The van der Waals surface area contributed by atoms with Crippen molar-refractivity contribution < 1.29 is 27.8 Å². The molecule has 0 fully saturated rings. The van der Waals surface area contributed by atoms with Gasteiger partial charge in [0, 0.05) is 22.6 Å². The first-order chi connectivity index (χ1) is 14.7. The number of nitrogens with zero attached hydrogens (tertiary/aromatic N) is 1. The van der Waals surface area contributed by atoms with Crippen LogP contribution in [0.2, 0.25) is 5.02 Å². The van der Waals surface area contributed by atoms with Crippen LogP contribution in [0, 0.1) is 0 Å². The lowest BCUT2D eigenvalue weighted by Crippen LogP contribution is -2.36. The van der Waals surface area contributed by atoms with Crippen molar-refractivity contribution in [3.8, 4) is 17.0 Å². The van der Waals surface area contributed by atoms with Crippen LogP contribution in [0.25, 0.3) is 22.2 Å². The average Bonchev–Trinajstić information content (AvgIpc) is 2.75. The number of hydrogen-bond donors (Lipinski definition) is 2. The van der Waals surface area contributed by atoms with Crippen molar-refractivity contribution in [2.24, 2.45) is 0 Å². The largest absolute Gasteiger partial charge is 0.496 e. The fraction of sp³-hybridized carbons (Fsp3) is 0.273. The maximum absolute atomic E-state index is 12.9. The minimum atomic E-state index is -4.51. The highest BCUT2D eigenvalue weighted by atomic mass is 35.5. The number of ether oxygens (including phenoxy) is 1. The summed E-state index contributed by atoms with van der Waals surface area (Å²) < 4.78 is 44.2. The normalized spacial score (nSPS) is 12.6. The molecule has 0 bridgehead atoms. The molecule has 2 aromatic carbocycles. The molecule has 0 radical (unpaired) electrons. The number of benzene rings is 2. The summed E-state index contributed by atoms with van der Waals surface area (Å²) in [5, 5.41) is 12.5. The van der Waals surface area contributed by atoms with Gasteiger partial charge in [-0.2, -0.15) is 13.2 Å². The van der Waals surface area contributed by atoms with E-state index in [-0.39, 0.29) is 23.6 Å². The van der Waals surface area contributed by atoms with Gasteiger partial charge in [-0.1, -0.05) is 24.6 Å². The van der Waals surface area contributed by atoms with E-state index in [0.29, 0.717) is 39.9 Å². The van der Waals surface area contributed by atoms with Gasteiger partial charge in [0.1, 0.15) is 5.75 Å². The summed E-state index contributed by atoms with van der Waals surface area (Å²) in [7, 11) is 1.46. The summed E-state index contributed by atoms with van der Waals surface area (Å²) in [5.74, 6) is 0.0613. The number of aliphatic hydroxyl groups excluding tert-OH is 1. The summed E-state index contributed by atoms with van der Waals surface area (Å²) in [6.45, 7) is 1.66. The summed E-state index contributed by atoms with van der Waals surface area (Å²) in [6.07, 6.45) is -3.94. The van der Waals surface area contributed by atoms with Crippen LogP contribution >= 0.6 is 11.6 Å². The quantitative estimate of drug-likeness (QED) is 0.547. The van der Waals surface area contributed by atoms with Crippen LogP contribution in [-0.2, 0) is 6.18 Å². The second-order valence-electron chi connectivity index (χ2n) is 6.90. The monoisotopic (exact) mass is 452 g/mol. The smallest absolute Gasteiger partial charge is 0.416 e. The number of aliphatic hydroxyl groups is 1. The van der Waals surface area contributed by atoms with Gasteiger partial charge >= 0.3 is 6.18 Å². The van der Waals surface area contributed by atoms with Crippen molar-refractivity contribution in [2.75, 3.05) is 13.7 Å². The molecule has 1 atom stereocenters. The predicted molar refractivity (Wildman–Crippen MR) is 112 cm³/mol. The number of alkyl halides is 3. The fourth-order valence-corrected chi connectivity index (χ4v) is 3.37. The summed E-state index contributed by atoms with van der Waals surface area (Å²) in [4.78, 5) is 17.0. The number of hydrogen-bond acceptors (Lipinski definition) is 4. The molecule has 1 heterocycles. The SMILES string of the molecule is CC[C@H](CO)NC(=O)c1ccc2c(OC)cc(-c3ccc(C(F)(F)F)cc3Cl)nc2c1. The second kappa shape index (κ2) is 9.11. The van der Waals surface area contributed by atoms with Crippen molar-refractivity contribution in [1.29, 1.82) is 0 Å². The molecule has 3 aromatic rings. The van der Waals surface area contributed by atoms with Gasteiger partial charge in [0.2, 0.25) is 0 Å². The minimum Gasteiger partial charge on any atom is -0.496 e. The molecule has 0 saturated heterocycles. The van der Waals surface area contributed by atoms with Crippen molar-refractivity contribution in [3.05, 3.63) is 58.6 Å². The number of carbonyl (C=O) groups is 1. The van der Waals surface area contributed by atoms with E-state index >= 15 is 0 Å². The van der Waals surface area contributed by atoms with Crippen LogP contribution in [0.4, 0.5) is 13.2 Å². The zero-order valence-corrected chi connectivity index (χ0v) is 17.5. The summed E-state index contributed by atoms with van der Waals surface area (Å²) in [6, 6.07) is 9.08. The first-order valence-corrected chi connectivity index (χ1v) is 9.83. The molecule has 3 rings (SSSR count). The Bertz CT molecular complexity index is 1120. The molecule has 5 nitrogen and oxygen atoms in total.